The molecule has 5 nitrogen and oxygen atoms in total. The van der Waals surface area contributed by atoms with Crippen molar-refractivity contribution in [2.45, 2.75) is 6.92 Å². The van der Waals surface area contributed by atoms with Crippen molar-refractivity contribution in [3.05, 3.63) is 71.4 Å². The van der Waals surface area contributed by atoms with Crippen molar-refractivity contribution in [2.75, 3.05) is 7.05 Å². The second-order valence-corrected chi connectivity index (χ2v) is 5.62. The molecule has 3 rings (SSSR count). The summed E-state index contributed by atoms with van der Waals surface area (Å²) in [7, 11) is 1.53. The fourth-order valence-corrected chi connectivity index (χ4v) is 2.61. The van der Waals surface area contributed by atoms with Crippen LogP contribution >= 0.6 is 0 Å². The van der Waals surface area contributed by atoms with E-state index in [9.17, 15) is 4.79 Å². The number of rotatable bonds is 4. The van der Waals surface area contributed by atoms with Gasteiger partial charge in [-0.3, -0.25) is 0 Å². The number of nitrogens with zero attached hydrogens (tertiary/aromatic N) is 1. The Labute approximate surface area is 145 Å². The Hall–Kier alpha value is -3.36. The van der Waals surface area contributed by atoms with Gasteiger partial charge in [0.25, 0.3) is 0 Å². The van der Waals surface area contributed by atoms with E-state index in [1.54, 1.807) is 18.2 Å². The highest BCUT2D eigenvalue weighted by atomic mass is 16.7. The summed E-state index contributed by atoms with van der Waals surface area (Å²) in [4.78, 5) is 20.1. The fraction of sp³-hybridized carbons (Fsp3) is 0.100. The third-order valence-corrected chi connectivity index (χ3v) is 3.90. The number of aryl methyl sites for hydroxylation is 1. The van der Waals surface area contributed by atoms with Crippen LogP contribution in [0.15, 0.2) is 54.6 Å². The van der Waals surface area contributed by atoms with Gasteiger partial charge in [-0.05, 0) is 36.2 Å². The smallest absolute Gasteiger partial charge is 0.366 e. The largest absolute Gasteiger partial charge is 0.373 e. The summed E-state index contributed by atoms with van der Waals surface area (Å²) >= 11 is 0. The maximum Gasteiger partial charge on any atom is 0.373 e. The van der Waals surface area contributed by atoms with Gasteiger partial charge >= 0.3 is 5.97 Å². The number of nitrogens with one attached hydrogen (secondary N) is 2. The number of carbonyl (C=O) groups is 1. The topological polar surface area (TPSA) is 77.9 Å². The van der Waals surface area contributed by atoms with Gasteiger partial charge in [-0.2, -0.15) is 10.7 Å². The van der Waals surface area contributed by atoms with Crippen molar-refractivity contribution in [3.8, 4) is 28.5 Å². The monoisotopic (exact) mass is 331 g/mol. The first-order chi connectivity index (χ1) is 12.1. The molecule has 0 unspecified atom stereocenters. The number of H-pyrrole nitrogens is 1. The number of hydroxylamine groups is 1. The molecule has 0 aliphatic rings. The summed E-state index contributed by atoms with van der Waals surface area (Å²) in [5.74, 6) is -0.490. The van der Waals surface area contributed by atoms with E-state index in [4.69, 9.17) is 10.1 Å². The minimum atomic E-state index is -0.490. The predicted molar refractivity (Wildman–Crippen MR) is 95.6 cm³/mol. The molecule has 1 heterocycles. The van der Waals surface area contributed by atoms with E-state index in [0.29, 0.717) is 11.3 Å². The molecule has 0 atom stereocenters. The Morgan fingerprint density at radius 2 is 1.72 bits per heavy atom. The van der Waals surface area contributed by atoms with Gasteiger partial charge in [-0.25, -0.2) is 4.79 Å². The Balaban J connectivity index is 2.12. The molecule has 1 aromatic heterocycles. The summed E-state index contributed by atoms with van der Waals surface area (Å²) < 4.78 is 0. The normalized spacial score (nSPS) is 10.3. The third kappa shape index (κ3) is 3.44. The van der Waals surface area contributed by atoms with Crippen LogP contribution in [0.4, 0.5) is 0 Å². The number of benzene rings is 2. The van der Waals surface area contributed by atoms with Gasteiger partial charge in [-0.1, -0.05) is 42.0 Å². The first-order valence-electron chi connectivity index (χ1n) is 7.81. The molecular weight excluding hydrogens is 314 g/mol. The van der Waals surface area contributed by atoms with Crippen LogP contribution in [0.3, 0.4) is 0 Å². The minimum absolute atomic E-state index is 0.351. The van der Waals surface area contributed by atoms with Crippen LogP contribution in [0.1, 0.15) is 21.6 Å². The fourth-order valence-electron chi connectivity index (χ4n) is 2.61. The Kier molecular flexibility index (Phi) is 4.64. The van der Waals surface area contributed by atoms with Crippen LogP contribution in [-0.4, -0.2) is 18.0 Å². The summed E-state index contributed by atoms with van der Waals surface area (Å²) in [5.41, 5.74) is 8.06. The molecular formula is C20H17N3O2. The molecule has 5 heteroatoms. The van der Waals surface area contributed by atoms with Gasteiger partial charge in [0.2, 0.25) is 0 Å². The SMILES string of the molecule is CNOC(=O)c1cc(-c2ccc(C#N)cc2)c(-c2ccc(C)cc2)[nH]1. The molecule has 0 aliphatic heterocycles. The van der Waals surface area contributed by atoms with Crippen molar-refractivity contribution in [1.82, 2.24) is 10.5 Å². The zero-order valence-corrected chi connectivity index (χ0v) is 14.0. The van der Waals surface area contributed by atoms with Crippen LogP contribution in [0.2, 0.25) is 0 Å². The zero-order chi connectivity index (χ0) is 17.8. The highest BCUT2D eigenvalue weighted by Gasteiger charge is 2.17. The van der Waals surface area contributed by atoms with Crippen LogP contribution in [0, 0.1) is 18.3 Å². The van der Waals surface area contributed by atoms with Crippen LogP contribution in [-0.2, 0) is 4.84 Å². The van der Waals surface area contributed by atoms with Crippen molar-refractivity contribution < 1.29 is 9.63 Å². The highest BCUT2D eigenvalue weighted by molar-refractivity contribution is 5.93. The first-order valence-corrected chi connectivity index (χ1v) is 7.81. The standard InChI is InChI=1S/C20H17N3O2/c1-13-3-7-16(8-4-13)19-17(11-18(23-19)20(24)25-22-2)15-9-5-14(12-21)6-10-15/h3-11,22-23H,1-2H3. The molecule has 3 aromatic rings. The van der Waals surface area contributed by atoms with E-state index in [1.165, 1.54) is 7.05 Å². The first kappa shape index (κ1) is 16.5. The van der Waals surface area contributed by atoms with Gasteiger partial charge in [0, 0.05) is 12.6 Å². The van der Waals surface area contributed by atoms with E-state index in [0.717, 1.165) is 27.9 Å². The lowest BCUT2D eigenvalue weighted by atomic mass is 10.00. The lowest BCUT2D eigenvalue weighted by Crippen LogP contribution is -2.15. The molecule has 25 heavy (non-hydrogen) atoms. The molecule has 124 valence electrons. The van der Waals surface area contributed by atoms with E-state index < -0.39 is 5.97 Å². The number of aromatic nitrogens is 1. The quantitative estimate of drug-likeness (QED) is 0.712. The predicted octanol–water partition coefficient (Wildman–Crippen LogP) is 3.82. The number of carbonyl (C=O) groups excluding carboxylic acids is 1. The van der Waals surface area contributed by atoms with Crippen molar-refractivity contribution >= 4 is 5.97 Å². The Bertz CT molecular complexity index is 933. The number of aromatic amines is 1. The van der Waals surface area contributed by atoms with Crippen LogP contribution in [0.25, 0.3) is 22.4 Å². The molecule has 2 N–H and O–H groups in total. The second kappa shape index (κ2) is 7.04. The van der Waals surface area contributed by atoms with E-state index in [-0.39, 0.29) is 0 Å². The maximum absolute atomic E-state index is 12.1. The van der Waals surface area contributed by atoms with E-state index in [1.807, 2.05) is 43.3 Å². The van der Waals surface area contributed by atoms with Crippen LogP contribution in [0.5, 0.6) is 0 Å². The minimum Gasteiger partial charge on any atom is -0.366 e. The lowest BCUT2D eigenvalue weighted by molar-refractivity contribution is 0.0304. The number of nitriles is 1. The van der Waals surface area contributed by atoms with Crippen molar-refractivity contribution in [2.24, 2.45) is 0 Å². The Morgan fingerprint density at radius 1 is 1.08 bits per heavy atom. The van der Waals surface area contributed by atoms with Crippen molar-refractivity contribution in [1.29, 1.82) is 5.26 Å². The van der Waals surface area contributed by atoms with Gasteiger partial charge in [0.15, 0.2) is 0 Å². The molecule has 0 aliphatic carbocycles. The molecule has 0 amide bonds. The number of hydrogen-bond acceptors (Lipinski definition) is 4. The van der Waals surface area contributed by atoms with Gasteiger partial charge in [0.05, 0.1) is 17.3 Å². The average molecular weight is 331 g/mol. The van der Waals surface area contributed by atoms with Gasteiger partial charge in [0.1, 0.15) is 5.69 Å². The average Bonchev–Trinajstić information content (AvgIpc) is 3.08. The molecule has 0 bridgehead atoms. The number of hydrogen-bond donors (Lipinski definition) is 2. The molecule has 0 saturated carbocycles. The van der Waals surface area contributed by atoms with Gasteiger partial charge in [-0.15, -0.1) is 0 Å². The summed E-state index contributed by atoms with van der Waals surface area (Å²) in [6.45, 7) is 2.02. The molecule has 0 spiro atoms. The highest BCUT2D eigenvalue weighted by Crippen LogP contribution is 2.33. The molecule has 0 radical (unpaired) electrons. The Morgan fingerprint density at radius 3 is 2.32 bits per heavy atom. The summed E-state index contributed by atoms with van der Waals surface area (Å²) in [6.07, 6.45) is 0. The summed E-state index contributed by atoms with van der Waals surface area (Å²) in [5, 5.41) is 8.97. The molecule has 0 saturated heterocycles. The second-order valence-electron chi connectivity index (χ2n) is 5.62. The lowest BCUT2D eigenvalue weighted by Gasteiger charge is -2.05. The van der Waals surface area contributed by atoms with Crippen molar-refractivity contribution in [3.63, 3.8) is 0 Å². The van der Waals surface area contributed by atoms with E-state index >= 15 is 0 Å². The third-order valence-electron chi connectivity index (χ3n) is 3.90. The summed E-state index contributed by atoms with van der Waals surface area (Å²) in [6, 6.07) is 19.2. The van der Waals surface area contributed by atoms with Gasteiger partial charge < -0.3 is 9.82 Å². The molecule has 0 fully saturated rings. The molecule has 2 aromatic carbocycles. The maximum atomic E-state index is 12.1. The van der Waals surface area contributed by atoms with Crippen LogP contribution < -0.4 is 5.48 Å². The zero-order valence-electron chi connectivity index (χ0n) is 14.0. The van der Waals surface area contributed by atoms with E-state index in [2.05, 4.69) is 16.5 Å².